The normalized spacial score (nSPS) is 10.9. The van der Waals surface area contributed by atoms with Crippen molar-refractivity contribution in [2.75, 3.05) is 0 Å². The summed E-state index contributed by atoms with van der Waals surface area (Å²) in [4.78, 5) is 0. The molecule has 0 fully saturated rings. The topological polar surface area (TPSA) is 4.93 Å². The molecule has 1 aromatic heterocycles. The lowest BCUT2D eigenvalue weighted by atomic mass is 10.2. The second-order valence-electron chi connectivity index (χ2n) is 3.39. The summed E-state index contributed by atoms with van der Waals surface area (Å²) < 4.78 is 2.20. The largest absolute Gasteiger partial charge is 0.413 e. The fraction of sp³-hybridized carbons (Fsp3) is 0. The van der Waals surface area contributed by atoms with Crippen molar-refractivity contribution in [1.29, 1.82) is 0 Å². The number of fused-ring (bicyclic) bond motifs is 1. The van der Waals surface area contributed by atoms with E-state index in [1.807, 2.05) is 0 Å². The lowest BCUT2D eigenvalue weighted by Crippen LogP contribution is -1.87. The van der Waals surface area contributed by atoms with Crippen LogP contribution in [0.15, 0.2) is 60.8 Å². The first kappa shape index (κ1) is 7.51. The van der Waals surface area contributed by atoms with E-state index in [4.69, 9.17) is 0 Å². The summed E-state index contributed by atoms with van der Waals surface area (Å²) in [6, 6.07) is 18.9. The third-order valence-corrected chi connectivity index (χ3v) is 2.52. The summed E-state index contributed by atoms with van der Waals surface area (Å²) in [7, 11) is 0. The van der Waals surface area contributed by atoms with Crippen LogP contribution >= 0.6 is 0 Å². The van der Waals surface area contributed by atoms with Crippen molar-refractivity contribution < 1.29 is 0 Å². The third-order valence-electron chi connectivity index (χ3n) is 2.52. The van der Waals surface area contributed by atoms with E-state index in [-0.39, 0.29) is 0 Å². The Morgan fingerprint density at radius 1 is 0.857 bits per heavy atom. The average molecular weight is 180 g/mol. The molecule has 0 saturated heterocycles. The molecule has 1 nitrogen and oxygen atoms in total. The molecule has 0 aliphatic rings. The summed E-state index contributed by atoms with van der Waals surface area (Å²) >= 11 is 0. The van der Waals surface area contributed by atoms with Gasteiger partial charge in [0.1, 0.15) is 0 Å². The molecule has 0 saturated carbocycles. The second-order valence-corrected chi connectivity index (χ2v) is 3.39. The minimum Gasteiger partial charge on any atom is -0.413 e. The highest BCUT2D eigenvalue weighted by molar-refractivity contribution is 5.81. The van der Waals surface area contributed by atoms with Gasteiger partial charge in [0.2, 0.25) is 0 Å². The van der Waals surface area contributed by atoms with Crippen LogP contribution < -0.4 is 0 Å². The predicted molar refractivity (Wildman–Crippen MR) is 58.9 cm³/mol. The van der Waals surface area contributed by atoms with E-state index >= 15 is 0 Å². The molecule has 0 bridgehead atoms. The average Bonchev–Trinajstić information content (AvgIpc) is 2.85. The van der Waals surface area contributed by atoms with Gasteiger partial charge in [-0.05, 0) is 16.6 Å². The van der Waals surface area contributed by atoms with Crippen molar-refractivity contribution in [1.82, 2.24) is 4.57 Å². The van der Waals surface area contributed by atoms with Gasteiger partial charge >= 0.3 is 0 Å². The van der Waals surface area contributed by atoms with Gasteiger partial charge in [0.15, 0.2) is 0 Å². The van der Waals surface area contributed by atoms with E-state index in [0.717, 1.165) is 0 Å². The van der Waals surface area contributed by atoms with Crippen LogP contribution in [0.4, 0.5) is 0 Å². The standard InChI is InChI=1S/C13H10N/c1-4-8-13-11(5-1)9-10-14(13)12-6-2-3-7-12/h1-10H/q-1. The molecule has 0 aliphatic heterocycles. The van der Waals surface area contributed by atoms with Crippen molar-refractivity contribution in [3.8, 4) is 5.69 Å². The molecular formula is C13H10N-. The number of hydrogen-bond acceptors (Lipinski definition) is 0. The Labute approximate surface area is 82.6 Å². The Morgan fingerprint density at radius 3 is 2.50 bits per heavy atom. The molecule has 3 aromatic rings. The lowest BCUT2D eigenvalue weighted by Gasteiger charge is -2.08. The fourth-order valence-corrected chi connectivity index (χ4v) is 1.83. The molecule has 0 radical (unpaired) electrons. The van der Waals surface area contributed by atoms with Crippen LogP contribution in [0.2, 0.25) is 0 Å². The number of benzene rings is 1. The van der Waals surface area contributed by atoms with Gasteiger partial charge in [0, 0.05) is 0 Å². The van der Waals surface area contributed by atoms with Gasteiger partial charge in [-0.25, -0.2) is 0 Å². The maximum Gasteiger partial charge on any atom is -0.0122 e. The van der Waals surface area contributed by atoms with E-state index in [0.29, 0.717) is 0 Å². The molecule has 1 heteroatoms. The van der Waals surface area contributed by atoms with Crippen LogP contribution in [0.3, 0.4) is 0 Å². The molecule has 3 rings (SSSR count). The molecule has 0 unspecified atom stereocenters. The fourth-order valence-electron chi connectivity index (χ4n) is 1.83. The molecule has 0 N–H and O–H groups in total. The number of aromatic nitrogens is 1. The van der Waals surface area contributed by atoms with E-state index in [2.05, 4.69) is 65.4 Å². The number of rotatable bonds is 1. The number of nitrogens with zero attached hydrogens (tertiary/aromatic N) is 1. The summed E-state index contributed by atoms with van der Waals surface area (Å²) in [5, 5.41) is 1.29. The van der Waals surface area contributed by atoms with Gasteiger partial charge in [-0.3, -0.25) is 0 Å². The van der Waals surface area contributed by atoms with Gasteiger partial charge in [-0.2, -0.15) is 12.1 Å². The van der Waals surface area contributed by atoms with E-state index in [1.165, 1.54) is 16.6 Å². The van der Waals surface area contributed by atoms with Crippen LogP contribution in [0.5, 0.6) is 0 Å². The molecular weight excluding hydrogens is 170 g/mol. The van der Waals surface area contributed by atoms with Crippen molar-refractivity contribution in [3.05, 3.63) is 60.8 Å². The zero-order valence-corrected chi connectivity index (χ0v) is 7.72. The minimum atomic E-state index is 1.23. The monoisotopic (exact) mass is 180 g/mol. The quantitative estimate of drug-likeness (QED) is 0.506. The minimum absolute atomic E-state index is 1.23. The number of hydrogen-bond donors (Lipinski definition) is 0. The summed E-state index contributed by atoms with van der Waals surface area (Å²) in [6.45, 7) is 0. The Hall–Kier alpha value is -1.89. The van der Waals surface area contributed by atoms with Crippen LogP contribution in [0, 0.1) is 0 Å². The predicted octanol–water partition coefficient (Wildman–Crippen LogP) is 3.35. The van der Waals surface area contributed by atoms with Crippen LogP contribution in [0.1, 0.15) is 0 Å². The smallest absolute Gasteiger partial charge is 0.0122 e. The van der Waals surface area contributed by atoms with Crippen molar-refractivity contribution in [2.24, 2.45) is 0 Å². The zero-order chi connectivity index (χ0) is 9.38. The summed E-state index contributed by atoms with van der Waals surface area (Å²) in [5.74, 6) is 0. The van der Waals surface area contributed by atoms with E-state index in [9.17, 15) is 0 Å². The molecule has 1 heterocycles. The molecule has 0 amide bonds. The van der Waals surface area contributed by atoms with Crippen LogP contribution in [0.25, 0.3) is 16.6 Å². The summed E-state index contributed by atoms with van der Waals surface area (Å²) in [6.07, 6.45) is 2.11. The highest BCUT2D eigenvalue weighted by Gasteiger charge is 1.94. The lowest BCUT2D eigenvalue weighted by molar-refractivity contribution is 1.14. The third kappa shape index (κ3) is 0.990. The van der Waals surface area contributed by atoms with Crippen LogP contribution in [-0.4, -0.2) is 4.57 Å². The molecule has 0 atom stereocenters. The van der Waals surface area contributed by atoms with Gasteiger partial charge in [0.25, 0.3) is 0 Å². The van der Waals surface area contributed by atoms with Gasteiger partial charge < -0.3 is 4.57 Å². The molecule has 0 aliphatic carbocycles. The van der Waals surface area contributed by atoms with Crippen molar-refractivity contribution >= 4 is 10.9 Å². The Morgan fingerprint density at radius 2 is 1.64 bits per heavy atom. The highest BCUT2D eigenvalue weighted by atomic mass is 15.0. The maximum absolute atomic E-state index is 2.20. The van der Waals surface area contributed by atoms with E-state index < -0.39 is 0 Å². The first-order valence-corrected chi connectivity index (χ1v) is 4.73. The molecule has 68 valence electrons. The SMILES string of the molecule is c1ccc2c(c1)ccn2-[c-]1cccc1. The van der Waals surface area contributed by atoms with Crippen molar-refractivity contribution in [2.45, 2.75) is 0 Å². The Kier molecular flexibility index (Phi) is 1.51. The zero-order valence-electron chi connectivity index (χ0n) is 7.72. The van der Waals surface area contributed by atoms with Crippen molar-refractivity contribution in [3.63, 3.8) is 0 Å². The first-order valence-electron chi connectivity index (χ1n) is 4.73. The molecule has 0 spiro atoms. The van der Waals surface area contributed by atoms with E-state index in [1.54, 1.807) is 0 Å². The van der Waals surface area contributed by atoms with Gasteiger partial charge in [-0.1, -0.05) is 36.5 Å². The van der Waals surface area contributed by atoms with Crippen LogP contribution in [-0.2, 0) is 0 Å². The van der Waals surface area contributed by atoms with Gasteiger partial charge in [-0.15, -0.1) is 12.1 Å². The summed E-state index contributed by atoms with van der Waals surface area (Å²) in [5.41, 5.74) is 2.49. The molecule has 2 aromatic carbocycles. The second kappa shape index (κ2) is 2.81. The highest BCUT2D eigenvalue weighted by Crippen LogP contribution is 2.19. The Balaban J connectivity index is 2.33. The van der Waals surface area contributed by atoms with Gasteiger partial charge in [0.05, 0.1) is 0 Å². The maximum atomic E-state index is 2.20. The molecule has 14 heavy (non-hydrogen) atoms. The number of para-hydroxylation sites is 1. The first-order chi connectivity index (χ1) is 6.95. The Bertz CT molecular complexity index is 543.